The molecule has 4 saturated heterocycles. The van der Waals surface area contributed by atoms with Crippen molar-refractivity contribution in [1.82, 2.24) is 4.90 Å². The van der Waals surface area contributed by atoms with Gasteiger partial charge < -0.3 is 38.8 Å². The molecule has 4 fully saturated rings. The van der Waals surface area contributed by atoms with Crippen LogP contribution in [0.15, 0.2) is 0 Å². The monoisotopic (exact) mass is 639 g/mol. The molecule has 4 aliphatic heterocycles. The first kappa shape index (κ1) is 35.9. The van der Waals surface area contributed by atoms with Crippen LogP contribution in [0.3, 0.4) is 0 Å². The van der Waals surface area contributed by atoms with Crippen molar-refractivity contribution >= 4 is 23.4 Å². The smallest absolute Gasteiger partial charge is 0.328 e. The van der Waals surface area contributed by atoms with Crippen molar-refractivity contribution in [3.63, 3.8) is 0 Å². The lowest BCUT2D eigenvalue weighted by atomic mass is 9.80. The topological polar surface area (TPSA) is 161 Å². The number of carbonyl (C=O) groups excluding carboxylic acids is 4. The third-order valence-electron chi connectivity index (χ3n) is 10.6. The second kappa shape index (κ2) is 14.4. The van der Waals surface area contributed by atoms with Gasteiger partial charge in [0.05, 0.1) is 36.6 Å². The first-order valence-corrected chi connectivity index (χ1v) is 16.6. The minimum Gasteiger partial charge on any atom is -0.464 e. The molecule has 12 heteroatoms. The van der Waals surface area contributed by atoms with E-state index in [2.05, 4.69) is 0 Å². The van der Waals surface area contributed by atoms with Gasteiger partial charge in [0.1, 0.15) is 17.9 Å². The average Bonchev–Trinajstić information content (AvgIpc) is 3.67. The Morgan fingerprint density at radius 1 is 1.00 bits per heavy atom. The summed E-state index contributed by atoms with van der Waals surface area (Å²) < 4.78 is 29.4. The molecule has 2 N–H and O–H groups in total. The molecule has 0 radical (unpaired) electrons. The van der Waals surface area contributed by atoms with Crippen LogP contribution >= 0.6 is 0 Å². The number of Topliss-reactive ketones (excluding diaryl/α,β-unsaturated/α-hetero) is 2. The summed E-state index contributed by atoms with van der Waals surface area (Å²) in [7, 11) is 3.06. The molecular weight excluding hydrogens is 586 g/mol. The van der Waals surface area contributed by atoms with Gasteiger partial charge in [-0.2, -0.15) is 0 Å². The number of carbonyl (C=O) groups is 4. The Kier molecular flexibility index (Phi) is 11.5. The average molecular weight is 640 g/mol. The quantitative estimate of drug-likeness (QED) is 0.265. The fourth-order valence-corrected chi connectivity index (χ4v) is 7.62. The Bertz CT molecular complexity index is 1100. The second-order valence-corrected chi connectivity index (χ2v) is 14.1. The van der Waals surface area contributed by atoms with Gasteiger partial charge in [0.2, 0.25) is 5.79 Å². The van der Waals surface area contributed by atoms with Crippen molar-refractivity contribution in [3.8, 4) is 0 Å². The largest absolute Gasteiger partial charge is 0.464 e. The zero-order valence-corrected chi connectivity index (χ0v) is 27.9. The predicted molar refractivity (Wildman–Crippen MR) is 161 cm³/mol. The van der Waals surface area contributed by atoms with Gasteiger partial charge in [-0.3, -0.25) is 14.4 Å². The highest BCUT2D eigenvalue weighted by Crippen LogP contribution is 2.48. The summed E-state index contributed by atoms with van der Waals surface area (Å²) in [6, 6.07) is -1.03. The minimum atomic E-state index is -2.45. The number of rotatable bonds is 3. The Labute approximate surface area is 266 Å². The van der Waals surface area contributed by atoms with Crippen LogP contribution in [0, 0.1) is 23.7 Å². The fourth-order valence-electron chi connectivity index (χ4n) is 7.62. The summed E-state index contributed by atoms with van der Waals surface area (Å²) in [6.45, 7) is 9.26. The third-order valence-corrected chi connectivity index (χ3v) is 10.6. The number of nitrogens with zero attached hydrogens (tertiary/aromatic N) is 1. The standard InChI is InChI=1S/C33H53NO11/c1-8-21-24(36)15-23(35)19(3)17-43-31(39)22-11-9-10-12-34(22)30(38)28(37)33(40)20(4)14-26(42-7)27(44-33)25(41-6)13-18(2)16-32(5)29(21)45-32/h18-23,25-27,29,35,40H,8-17H2,1-7H3/t18-,19+,20-,21+,22+,23+,25+,26+,27-,29?,32?,33-/m1/s1. The van der Waals surface area contributed by atoms with Crippen LogP contribution in [0.25, 0.3) is 0 Å². The van der Waals surface area contributed by atoms with E-state index in [1.54, 1.807) is 13.8 Å². The summed E-state index contributed by atoms with van der Waals surface area (Å²) in [5, 5.41) is 22.6. The van der Waals surface area contributed by atoms with E-state index in [0.717, 1.165) is 0 Å². The van der Waals surface area contributed by atoms with E-state index in [-0.39, 0.29) is 49.7 Å². The maximum atomic E-state index is 13.8. The SMILES string of the molecule is CC[C@H]1C(=O)C[C@H](O)[C@@H](C)COC(=O)[C@@H]2CCCCN2C(=O)C(=O)[C@]2(O)O[C@H]([C@@H](OC)C[C@@H](C)CC3(C)OC13)[C@@H](OC)C[C@H]2C. The van der Waals surface area contributed by atoms with E-state index in [1.807, 2.05) is 20.8 Å². The number of aliphatic hydroxyl groups is 2. The van der Waals surface area contributed by atoms with Crippen molar-refractivity contribution in [2.75, 3.05) is 27.4 Å². The van der Waals surface area contributed by atoms with Crippen LogP contribution in [-0.4, -0.2) is 114 Å². The summed E-state index contributed by atoms with van der Waals surface area (Å²) in [5.74, 6) is -7.09. The highest BCUT2D eigenvalue weighted by molar-refractivity contribution is 6.39. The molecule has 4 aliphatic rings. The summed E-state index contributed by atoms with van der Waals surface area (Å²) in [5.41, 5.74) is -0.546. The van der Waals surface area contributed by atoms with Crippen molar-refractivity contribution in [3.05, 3.63) is 0 Å². The van der Waals surface area contributed by atoms with Crippen molar-refractivity contribution in [1.29, 1.82) is 0 Å². The van der Waals surface area contributed by atoms with Crippen LogP contribution in [-0.2, 0) is 42.9 Å². The highest BCUT2D eigenvalue weighted by Gasteiger charge is 2.59. The number of methoxy groups -OCH3 is 2. The molecule has 256 valence electrons. The van der Waals surface area contributed by atoms with E-state index in [9.17, 15) is 29.4 Å². The van der Waals surface area contributed by atoms with Gasteiger partial charge >= 0.3 is 5.97 Å². The molecule has 0 aromatic rings. The number of piperidine rings is 1. The van der Waals surface area contributed by atoms with E-state index in [0.29, 0.717) is 38.5 Å². The Balaban J connectivity index is 1.66. The zero-order valence-electron chi connectivity index (χ0n) is 27.9. The van der Waals surface area contributed by atoms with Gasteiger partial charge in [-0.25, -0.2) is 4.79 Å². The van der Waals surface area contributed by atoms with Crippen LogP contribution in [0.2, 0.25) is 0 Å². The summed E-state index contributed by atoms with van der Waals surface area (Å²) >= 11 is 0. The van der Waals surface area contributed by atoms with Crippen LogP contribution in [0.1, 0.15) is 86.0 Å². The molecule has 1 amide bonds. The first-order valence-electron chi connectivity index (χ1n) is 16.6. The molecule has 12 atom stereocenters. The van der Waals surface area contributed by atoms with Crippen molar-refractivity contribution < 1.29 is 53.1 Å². The van der Waals surface area contributed by atoms with E-state index < -0.39 is 71.3 Å². The Morgan fingerprint density at radius 2 is 1.67 bits per heavy atom. The molecule has 0 aliphatic carbocycles. The van der Waals surface area contributed by atoms with Gasteiger partial charge in [0.25, 0.3) is 11.7 Å². The zero-order chi connectivity index (χ0) is 33.3. The Morgan fingerprint density at radius 3 is 2.31 bits per heavy atom. The lowest BCUT2D eigenvalue weighted by Crippen LogP contribution is -2.64. The number of amides is 1. The lowest BCUT2D eigenvalue weighted by molar-refractivity contribution is -0.302. The number of epoxide rings is 1. The van der Waals surface area contributed by atoms with Gasteiger partial charge in [-0.15, -0.1) is 0 Å². The van der Waals surface area contributed by atoms with Crippen molar-refractivity contribution in [2.24, 2.45) is 23.7 Å². The van der Waals surface area contributed by atoms with Gasteiger partial charge in [-0.1, -0.05) is 27.7 Å². The molecule has 12 nitrogen and oxygen atoms in total. The lowest BCUT2D eigenvalue weighted by Gasteiger charge is -2.47. The maximum Gasteiger partial charge on any atom is 0.328 e. The minimum absolute atomic E-state index is 0.0282. The summed E-state index contributed by atoms with van der Waals surface area (Å²) in [4.78, 5) is 55.3. The number of ether oxygens (including phenoxy) is 5. The van der Waals surface area contributed by atoms with E-state index in [1.165, 1.54) is 19.1 Å². The normalized spacial score (nSPS) is 44.3. The number of hydrogen-bond donors (Lipinski definition) is 2. The Hall–Kier alpha value is -1.96. The van der Waals surface area contributed by atoms with Gasteiger partial charge in [-0.05, 0) is 57.8 Å². The number of fused-ring (bicyclic) bond motifs is 4. The molecule has 2 bridgehead atoms. The number of aliphatic hydroxyl groups excluding tert-OH is 1. The number of cyclic esters (lactones) is 1. The number of esters is 1. The van der Waals surface area contributed by atoms with E-state index in [4.69, 9.17) is 23.7 Å². The second-order valence-electron chi connectivity index (χ2n) is 14.1. The molecule has 0 saturated carbocycles. The molecule has 2 unspecified atom stereocenters. The first-order chi connectivity index (χ1) is 21.2. The third kappa shape index (κ3) is 7.46. The van der Waals surface area contributed by atoms with Gasteiger partial charge in [0, 0.05) is 44.9 Å². The van der Waals surface area contributed by atoms with E-state index >= 15 is 0 Å². The summed E-state index contributed by atoms with van der Waals surface area (Å²) in [6.07, 6.45) is 0.000388. The van der Waals surface area contributed by atoms with Crippen molar-refractivity contribution in [2.45, 2.75) is 134 Å². The number of ketones is 2. The fraction of sp³-hybridized carbons (Fsp3) is 0.879. The molecule has 0 aromatic heterocycles. The molecule has 4 heterocycles. The van der Waals surface area contributed by atoms with Crippen LogP contribution in [0.4, 0.5) is 0 Å². The predicted octanol–water partition coefficient (Wildman–Crippen LogP) is 2.19. The van der Waals surface area contributed by atoms with Gasteiger partial charge in [0.15, 0.2) is 0 Å². The molecule has 4 rings (SSSR count). The molecule has 0 spiro atoms. The molecule has 45 heavy (non-hydrogen) atoms. The van der Waals surface area contributed by atoms with Crippen LogP contribution in [0.5, 0.6) is 0 Å². The highest BCUT2D eigenvalue weighted by atomic mass is 16.7. The molecule has 0 aromatic carbocycles. The number of hydrogen-bond acceptors (Lipinski definition) is 11. The molecular formula is C33H53NO11. The maximum absolute atomic E-state index is 13.8. The van der Waals surface area contributed by atoms with Crippen LogP contribution < -0.4 is 0 Å².